The Bertz CT molecular complexity index is 630. The number of hydrogen-bond acceptors (Lipinski definition) is 0. The summed E-state index contributed by atoms with van der Waals surface area (Å²) in [4.78, 5) is 0. The third-order valence-corrected chi connectivity index (χ3v) is 7.63. The van der Waals surface area contributed by atoms with Crippen molar-refractivity contribution in [2.75, 3.05) is 6.16 Å². The predicted molar refractivity (Wildman–Crippen MR) is 88.1 cm³/mol. The molecule has 0 atom stereocenters. The first-order valence-electron chi connectivity index (χ1n) is 6.78. The molecule has 1 heterocycles. The Morgan fingerprint density at radius 3 is 1.68 bits per heavy atom. The van der Waals surface area contributed by atoms with Crippen LogP contribution in [0.5, 0.6) is 0 Å². The Hall–Kier alpha value is -1.07. The van der Waals surface area contributed by atoms with Gasteiger partial charge in [0.2, 0.25) is 0 Å². The Morgan fingerprint density at radius 1 is 0.842 bits per heavy atom. The molecule has 3 rings (SSSR count). The Kier molecular flexibility index (Phi) is 2.87. The summed E-state index contributed by atoms with van der Waals surface area (Å²) < 4.78 is 0. The van der Waals surface area contributed by atoms with Crippen molar-refractivity contribution < 1.29 is 0 Å². The number of rotatable bonds is 1. The van der Waals surface area contributed by atoms with E-state index in [1.807, 2.05) is 0 Å². The second-order valence-electron chi connectivity index (χ2n) is 6.62. The van der Waals surface area contributed by atoms with Gasteiger partial charge >= 0.3 is 117 Å². The van der Waals surface area contributed by atoms with Gasteiger partial charge in [-0.1, -0.05) is 0 Å². The third kappa shape index (κ3) is 2.05. The zero-order valence-electron chi connectivity index (χ0n) is 11.9. The van der Waals surface area contributed by atoms with Crippen LogP contribution < -0.4 is 10.6 Å². The monoisotopic (exact) mass is 265 g/mol. The number of fused-ring (bicyclic) bond motifs is 3. The van der Waals surface area contributed by atoms with Gasteiger partial charge < -0.3 is 0 Å². The molecule has 0 saturated carbocycles. The van der Waals surface area contributed by atoms with Crippen LogP contribution in [0, 0.1) is 5.41 Å². The summed E-state index contributed by atoms with van der Waals surface area (Å²) in [7, 11) is 6.98. The van der Waals surface area contributed by atoms with E-state index in [4.69, 9.17) is 7.18 Å². The van der Waals surface area contributed by atoms with E-state index < -0.39 is 6.75 Å². The van der Waals surface area contributed by atoms with Crippen molar-refractivity contribution in [3.8, 4) is 11.1 Å². The third-order valence-electron chi connectivity index (χ3n) is 3.68. The summed E-state index contributed by atoms with van der Waals surface area (Å²) in [6, 6.07) is 17.4. The zero-order valence-corrected chi connectivity index (χ0v) is 12.7. The molecule has 0 spiro atoms. The van der Waals surface area contributed by atoms with Crippen LogP contribution in [0.2, 0.25) is 0 Å². The van der Waals surface area contributed by atoms with Crippen LogP contribution in [0.1, 0.15) is 20.8 Å². The van der Waals surface area contributed by atoms with Crippen molar-refractivity contribution >= 4 is 24.5 Å². The van der Waals surface area contributed by atoms with E-state index in [-0.39, 0.29) is 5.41 Å². The number of benzene rings is 2. The SMILES string of the molecule is [B]=P1(CC(C)(C)C)c2ccccc2-c2ccccc21. The maximum absolute atomic E-state index is 6.98. The summed E-state index contributed by atoms with van der Waals surface area (Å²) in [6.07, 6.45) is 1.06. The summed E-state index contributed by atoms with van der Waals surface area (Å²) in [5.74, 6) is 0. The maximum atomic E-state index is 6.98. The van der Waals surface area contributed by atoms with Gasteiger partial charge in [0.25, 0.3) is 0 Å². The van der Waals surface area contributed by atoms with Crippen LogP contribution in [0.25, 0.3) is 11.1 Å². The van der Waals surface area contributed by atoms with Gasteiger partial charge in [0.15, 0.2) is 0 Å². The van der Waals surface area contributed by atoms with Gasteiger partial charge in [0, 0.05) is 0 Å². The van der Waals surface area contributed by atoms with E-state index in [9.17, 15) is 0 Å². The van der Waals surface area contributed by atoms with Crippen molar-refractivity contribution in [1.29, 1.82) is 0 Å². The van der Waals surface area contributed by atoms with Crippen molar-refractivity contribution in [2.24, 2.45) is 5.41 Å². The normalized spacial score (nSPS) is 15.9. The van der Waals surface area contributed by atoms with Crippen LogP contribution >= 0.6 is 6.75 Å². The van der Waals surface area contributed by atoms with E-state index in [0.29, 0.717) is 0 Å². The van der Waals surface area contributed by atoms with Crippen molar-refractivity contribution in [2.45, 2.75) is 20.8 Å². The average molecular weight is 265 g/mol. The molecule has 1 aliphatic rings. The fourth-order valence-electron chi connectivity index (χ4n) is 3.15. The number of hydrogen-bond donors (Lipinski definition) is 0. The van der Waals surface area contributed by atoms with Gasteiger partial charge in [-0.2, -0.15) is 0 Å². The molecule has 0 nitrogen and oxygen atoms in total. The molecule has 1 aliphatic heterocycles. The molecule has 0 amide bonds. The van der Waals surface area contributed by atoms with E-state index in [0.717, 1.165) is 6.16 Å². The van der Waals surface area contributed by atoms with Crippen molar-refractivity contribution in [1.82, 2.24) is 0 Å². The minimum atomic E-state index is -1.72. The van der Waals surface area contributed by atoms with Gasteiger partial charge in [-0.3, -0.25) is 0 Å². The average Bonchev–Trinajstić information content (AvgIpc) is 2.59. The molecule has 0 bridgehead atoms. The fraction of sp³-hybridized carbons (Fsp3) is 0.294. The summed E-state index contributed by atoms with van der Waals surface area (Å²) in [5, 5.41) is 2.76. The second-order valence-corrected chi connectivity index (χ2v) is 9.64. The first-order valence-corrected chi connectivity index (χ1v) is 8.82. The molecule has 0 N–H and O–H groups in total. The summed E-state index contributed by atoms with van der Waals surface area (Å²) in [5.41, 5.74) is 2.93. The first-order chi connectivity index (χ1) is 8.92. The molecule has 0 unspecified atom stereocenters. The molecule has 19 heavy (non-hydrogen) atoms. The van der Waals surface area contributed by atoms with Crippen LogP contribution in [0.15, 0.2) is 48.5 Å². The van der Waals surface area contributed by atoms with E-state index in [2.05, 4.69) is 69.3 Å². The molecular weight excluding hydrogens is 246 g/mol. The van der Waals surface area contributed by atoms with Crippen LogP contribution in [-0.4, -0.2) is 13.3 Å². The molecule has 2 aromatic carbocycles. The van der Waals surface area contributed by atoms with E-state index >= 15 is 0 Å². The summed E-state index contributed by atoms with van der Waals surface area (Å²) >= 11 is 0. The first kappa shape index (κ1) is 12.9. The van der Waals surface area contributed by atoms with Crippen LogP contribution in [0.4, 0.5) is 0 Å². The molecule has 2 aromatic rings. The standard InChI is InChI=1S/C17H19BP/c1-17(2,3)12-19(18)15-10-6-4-8-13(15)14-9-5-7-11-16(14)19/h4-11H,12H2,1-3H3. The molecule has 0 fully saturated rings. The molecule has 2 heteroatoms. The van der Waals surface area contributed by atoms with Gasteiger partial charge in [-0.15, -0.1) is 0 Å². The quantitative estimate of drug-likeness (QED) is 0.544. The van der Waals surface area contributed by atoms with Crippen molar-refractivity contribution in [3.05, 3.63) is 48.5 Å². The van der Waals surface area contributed by atoms with Gasteiger partial charge in [0.1, 0.15) is 0 Å². The molecule has 1 radical (unpaired) electrons. The Morgan fingerprint density at radius 2 is 1.26 bits per heavy atom. The van der Waals surface area contributed by atoms with Gasteiger partial charge in [-0.05, 0) is 0 Å². The zero-order chi connectivity index (χ0) is 13.7. The van der Waals surface area contributed by atoms with E-state index in [1.54, 1.807) is 0 Å². The second kappa shape index (κ2) is 4.22. The predicted octanol–water partition coefficient (Wildman–Crippen LogP) is 3.77. The van der Waals surface area contributed by atoms with Crippen LogP contribution in [0.3, 0.4) is 0 Å². The topological polar surface area (TPSA) is 0 Å². The molecule has 0 aromatic heterocycles. The summed E-state index contributed by atoms with van der Waals surface area (Å²) in [6.45, 7) is 5.13. The molecule has 0 aliphatic carbocycles. The molecule has 95 valence electrons. The van der Waals surface area contributed by atoms with Gasteiger partial charge in [0.05, 0.1) is 0 Å². The van der Waals surface area contributed by atoms with Gasteiger partial charge in [-0.25, -0.2) is 0 Å². The molecule has 0 saturated heterocycles. The fourth-order valence-corrected chi connectivity index (χ4v) is 7.20. The minimum absolute atomic E-state index is 0.243. The Labute approximate surface area is 117 Å². The van der Waals surface area contributed by atoms with Crippen molar-refractivity contribution in [3.63, 3.8) is 0 Å². The Balaban J connectivity index is 2.29. The molecular formula is C17H19BP. The van der Waals surface area contributed by atoms with Crippen LogP contribution in [-0.2, 0) is 0 Å². The van der Waals surface area contributed by atoms with E-state index in [1.165, 1.54) is 21.7 Å².